The Balaban J connectivity index is 1.64. The molecule has 2 aromatic rings. The topological polar surface area (TPSA) is 83.3 Å². The van der Waals surface area contributed by atoms with Gasteiger partial charge in [-0.3, -0.25) is 9.69 Å². The molecule has 158 valence electrons. The minimum atomic E-state index is -4.38. The van der Waals surface area contributed by atoms with Gasteiger partial charge in [0.15, 0.2) is 5.69 Å². The van der Waals surface area contributed by atoms with Gasteiger partial charge in [-0.1, -0.05) is 23.4 Å². The number of halogens is 3. The molecular weight excluding hydrogens is 387 g/mol. The van der Waals surface area contributed by atoms with E-state index in [1.807, 2.05) is 4.90 Å². The van der Waals surface area contributed by atoms with Gasteiger partial charge in [-0.2, -0.15) is 13.2 Å². The second-order valence-corrected chi connectivity index (χ2v) is 7.10. The molecule has 0 spiro atoms. The van der Waals surface area contributed by atoms with Crippen LogP contribution in [0.15, 0.2) is 30.5 Å². The van der Waals surface area contributed by atoms with Crippen LogP contribution in [0.2, 0.25) is 0 Å². The first-order valence-electron chi connectivity index (χ1n) is 9.57. The maximum Gasteiger partial charge on any atom is 0.416 e. The summed E-state index contributed by atoms with van der Waals surface area (Å²) in [6, 6.07) is 5.57. The first-order valence-corrected chi connectivity index (χ1v) is 9.57. The molecule has 0 radical (unpaired) electrons. The van der Waals surface area contributed by atoms with E-state index in [2.05, 4.69) is 15.6 Å². The third-order valence-electron chi connectivity index (χ3n) is 4.93. The molecule has 1 aliphatic heterocycles. The highest BCUT2D eigenvalue weighted by molar-refractivity contribution is 5.91. The van der Waals surface area contributed by atoms with Gasteiger partial charge in [0.2, 0.25) is 0 Å². The van der Waals surface area contributed by atoms with E-state index in [4.69, 9.17) is 5.11 Å². The van der Waals surface area contributed by atoms with Crippen LogP contribution in [0.3, 0.4) is 0 Å². The van der Waals surface area contributed by atoms with Crippen LogP contribution in [0.1, 0.15) is 46.9 Å². The Kier molecular flexibility index (Phi) is 6.86. The second-order valence-electron chi connectivity index (χ2n) is 7.10. The molecular formula is C19H24F3N5O2. The fraction of sp³-hybridized carbons (Fsp3) is 0.526. The molecule has 29 heavy (non-hydrogen) atoms. The number of aliphatic hydroxyl groups excluding tert-OH is 1. The summed E-state index contributed by atoms with van der Waals surface area (Å²) in [5, 5.41) is 19.3. The maximum atomic E-state index is 13.2. The zero-order valence-electron chi connectivity index (χ0n) is 15.9. The van der Waals surface area contributed by atoms with Crippen molar-refractivity contribution in [3.8, 4) is 0 Å². The molecule has 0 saturated carbocycles. The number of piperidine rings is 1. The minimum Gasteiger partial charge on any atom is -0.396 e. The van der Waals surface area contributed by atoms with Gasteiger partial charge in [-0.25, -0.2) is 4.68 Å². The van der Waals surface area contributed by atoms with Crippen molar-refractivity contribution in [3.63, 3.8) is 0 Å². The summed E-state index contributed by atoms with van der Waals surface area (Å²) in [5.74, 6) is -0.364. The van der Waals surface area contributed by atoms with Crippen molar-refractivity contribution in [2.24, 2.45) is 0 Å². The summed E-state index contributed by atoms with van der Waals surface area (Å²) in [6.45, 7) is 1.77. The smallest absolute Gasteiger partial charge is 0.396 e. The third kappa shape index (κ3) is 5.54. The molecule has 1 amide bonds. The second kappa shape index (κ2) is 9.36. The van der Waals surface area contributed by atoms with E-state index in [1.54, 1.807) is 16.9 Å². The first-order chi connectivity index (χ1) is 13.9. The lowest BCUT2D eigenvalue weighted by molar-refractivity contribution is -0.138. The first kappa shape index (κ1) is 21.3. The quantitative estimate of drug-likeness (QED) is 0.683. The number of carbonyl (C=O) groups excluding carboxylic acids is 1. The minimum absolute atomic E-state index is 0.0116. The van der Waals surface area contributed by atoms with Gasteiger partial charge < -0.3 is 10.4 Å². The largest absolute Gasteiger partial charge is 0.416 e. The molecule has 10 heteroatoms. The van der Waals surface area contributed by atoms with Crippen LogP contribution < -0.4 is 5.32 Å². The van der Waals surface area contributed by atoms with Crippen molar-refractivity contribution in [3.05, 3.63) is 47.3 Å². The molecule has 1 unspecified atom stereocenters. The Morgan fingerprint density at radius 2 is 2.10 bits per heavy atom. The summed E-state index contributed by atoms with van der Waals surface area (Å²) in [4.78, 5) is 14.0. The predicted octanol–water partition coefficient (Wildman–Crippen LogP) is 2.25. The number of nitrogens with one attached hydrogen (secondary N) is 1. The van der Waals surface area contributed by atoms with Gasteiger partial charge in [0.25, 0.3) is 5.91 Å². The number of benzene rings is 1. The molecule has 1 atom stereocenters. The Labute approximate surface area is 166 Å². The van der Waals surface area contributed by atoms with Crippen molar-refractivity contribution in [1.29, 1.82) is 0 Å². The van der Waals surface area contributed by atoms with E-state index in [1.165, 1.54) is 12.1 Å². The third-order valence-corrected chi connectivity index (χ3v) is 4.93. The zero-order valence-corrected chi connectivity index (χ0v) is 15.9. The maximum absolute atomic E-state index is 13.2. The van der Waals surface area contributed by atoms with E-state index in [0.717, 1.165) is 18.9 Å². The van der Waals surface area contributed by atoms with Crippen LogP contribution in [0.5, 0.6) is 0 Å². The monoisotopic (exact) mass is 411 g/mol. The molecule has 1 saturated heterocycles. The SMILES string of the molecule is O=C(NCCCO)c1cn(C2CCCN(Cc3ccccc3C(F)(F)F)C2)nn1. The van der Waals surface area contributed by atoms with Crippen molar-refractivity contribution < 1.29 is 23.1 Å². The Bertz CT molecular complexity index is 824. The molecule has 1 aromatic carbocycles. The molecule has 7 nitrogen and oxygen atoms in total. The van der Waals surface area contributed by atoms with Gasteiger partial charge >= 0.3 is 6.18 Å². The lowest BCUT2D eigenvalue weighted by Crippen LogP contribution is -2.36. The van der Waals surface area contributed by atoms with Crippen LogP contribution in [-0.4, -0.2) is 57.1 Å². The average molecular weight is 411 g/mol. The van der Waals surface area contributed by atoms with E-state index in [-0.39, 0.29) is 36.4 Å². The lowest BCUT2D eigenvalue weighted by Gasteiger charge is -2.33. The highest BCUT2D eigenvalue weighted by Crippen LogP contribution is 2.33. The summed E-state index contributed by atoms with van der Waals surface area (Å²) < 4.78 is 41.3. The standard InChI is InChI=1S/C19H24F3N5O2/c20-19(21,22)16-7-2-1-5-14(16)11-26-9-3-6-15(12-26)27-13-17(24-25-27)18(29)23-8-4-10-28/h1-2,5,7,13,15,28H,3-4,6,8-12H2,(H,23,29). The van der Waals surface area contributed by atoms with Crippen molar-refractivity contribution >= 4 is 5.91 Å². The molecule has 1 aliphatic rings. The number of amides is 1. The number of likely N-dealkylation sites (tertiary alicyclic amines) is 1. The molecule has 1 fully saturated rings. The van der Waals surface area contributed by atoms with Crippen LogP contribution in [0.25, 0.3) is 0 Å². The molecule has 1 aromatic heterocycles. The van der Waals surface area contributed by atoms with Crippen LogP contribution >= 0.6 is 0 Å². The number of hydrogen-bond donors (Lipinski definition) is 2. The lowest BCUT2D eigenvalue weighted by atomic mass is 10.0. The summed E-state index contributed by atoms with van der Waals surface area (Å²) in [7, 11) is 0. The molecule has 2 heterocycles. The van der Waals surface area contributed by atoms with Crippen molar-refractivity contribution in [2.45, 2.75) is 38.0 Å². The van der Waals surface area contributed by atoms with E-state index in [9.17, 15) is 18.0 Å². The van der Waals surface area contributed by atoms with Crippen LogP contribution in [0, 0.1) is 0 Å². The van der Waals surface area contributed by atoms with E-state index in [0.29, 0.717) is 26.1 Å². The fourth-order valence-electron chi connectivity index (χ4n) is 3.50. The average Bonchev–Trinajstić information content (AvgIpc) is 3.18. The molecule has 0 aliphatic carbocycles. The number of carbonyl (C=O) groups is 1. The van der Waals surface area contributed by atoms with Crippen molar-refractivity contribution in [2.75, 3.05) is 26.2 Å². The number of nitrogens with zero attached hydrogens (tertiary/aromatic N) is 4. The van der Waals surface area contributed by atoms with Crippen LogP contribution in [0.4, 0.5) is 13.2 Å². The van der Waals surface area contributed by atoms with Crippen molar-refractivity contribution in [1.82, 2.24) is 25.2 Å². The number of hydrogen-bond acceptors (Lipinski definition) is 5. The Morgan fingerprint density at radius 1 is 1.31 bits per heavy atom. The normalized spacial score (nSPS) is 18.0. The number of rotatable bonds is 7. The highest BCUT2D eigenvalue weighted by atomic mass is 19.4. The van der Waals surface area contributed by atoms with Gasteiger partial charge in [-0.05, 0) is 37.4 Å². The highest BCUT2D eigenvalue weighted by Gasteiger charge is 2.33. The number of aliphatic hydroxyl groups is 1. The van der Waals surface area contributed by atoms with E-state index >= 15 is 0 Å². The predicted molar refractivity (Wildman–Crippen MR) is 99.1 cm³/mol. The van der Waals surface area contributed by atoms with Gasteiger partial charge in [0.1, 0.15) is 0 Å². The Morgan fingerprint density at radius 3 is 2.86 bits per heavy atom. The zero-order chi connectivity index (χ0) is 20.9. The summed E-state index contributed by atoms with van der Waals surface area (Å²) in [6.07, 6.45) is -0.734. The number of alkyl halides is 3. The number of aromatic nitrogens is 3. The fourth-order valence-corrected chi connectivity index (χ4v) is 3.50. The molecule has 3 rings (SSSR count). The van der Waals surface area contributed by atoms with E-state index < -0.39 is 11.7 Å². The van der Waals surface area contributed by atoms with Gasteiger partial charge in [-0.15, -0.1) is 5.10 Å². The summed E-state index contributed by atoms with van der Waals surface area (Å²) >= 11 is 0. The van der Waals surface area contributed by atoms with Gasteiger partial charge in [0, 0.05) is 26.2 Å². The summed E-state index contributed by atoms with van der Waals surface area (Å²) in [5.41, 5.74) is -0.171. The Hall–Kier alpha value is -2.46. The molecule has 2 N–H and O–H groups in total. The molecule has 0 bridgehead atoms. The van der Waals surface area contributed by atoms with Gasteiger partial charge in [0.05, 0.1) is 17.8 Å². The van der Waals surface area contributed by atoms with Crippen LogP contribution in [-0.2, 0) is 12.7 Å².